The van der Waals surface area contributed by atoms with E-state index in [0.717, 1.165) is 0 Å². The van der Waals surface area contributed by atoms with E-state index >= 15 is 0 Å². The number of esters is 1. The van der Waals surface area contributed by atoms with E-state index in [-0.39, 0.29) is 29.3 Å². The number of anilines is 1. The highest BCUT2D eigenvalue weighted by molar-refractivity contribution is 5.94. The molecule has 0 saturated heterocycles. The third kappa shape index (κ3) is 4.04. The number of benzene rings is 2. The summed E-state index contributed by atoms with van der Waals surface area (Å²) < 4.78 is 10.3. The fraction of sp³-hybridized carbons (Fsp3) is 0.105. The number of amides is 1. The van der Waals surface area contributed by atoms with Crippen LogP contribution in [0.15, 0.2) is 57.7 Å². The Labute approximate surface area is 157 Å². The number of hydrogen-bond acceptors (Lipinski definition) is 7. The summed E-state index contributed by atoms with van der Waals surface area (Å²) in [6.07, 6.45) is 0. The Morgan fingerprint density at radius 2 is 1.93 bits per heavy atom. The monoisotopic (exact) mass is 382 g/mol. The summed E-state index contributed by atoms with van der Waals surface area (Å²) >= 11 is 0. The third-order valence-corrected chi connectivity index (χ3v) is 3.83. The standard InChI is InChI=1S/C19H14N2O7/c1-11(22)20-13-6-7-14-12(8-18(23)28-17(14)9-13)10-27-19(24)15-4-2-3-5-16(15)21(25)26/h2-9H,10H2,1H3,(H,20,22). The van der Waals surface area contributed by atoms with E-state index in [1.807, 2.05) is 0 Å². The highest BCUT2D eigenvalue weighted by Gasteiger charge is 2.21. The summed E-state index contributed by atoms with van der Waals surface area (Å²) in [6, 6.07) is 11.3. The molecule has 9 heteroatoms. The number of hydrogen-bond donors (Lipinski definition) is 1. The number of carbonyl (C=O) groups is 2. The molecule has 142 valence electrons. The molecule has 0 atom stereocenters. The van der Waals surface area contributed by atoms with Crippen molar-refractivity contribution in [1.82, 2.24) is 0 Å². The molecule has 0 unspecified atom stereocenters. The quantitative estimate of drug-likeness (QED) is 0.311. The first kappa shape index (κ1) is 18.8. The number of nitro benzene ring substituents is 1. The van der Waals surface area contributed by atoms with Crippen molar-refractivity contribution in [1.29, 1.82) is 0 Å². The largest absolute Gasteiger partial charge is 0.457 e. The first-order valence-electron chi connectivity index (χ1n) is 8.10. The molecule has 1 N–H and O–H groups in total. The van der Waals surface area contributed by atoms with Crippen molar-refractivity contribution in [3.05, 3.63) is 80.2 Å². The fourth-order valence-electron chi connectivity index (χ4n) is 2.66. The number of rotatable bonds is 5. The van der Waals surface area contributed by atoms with Crippen LogP contribution in [0.5, 0.6) is 0 Å². The average molecular weight is 382 g/mol. The molecular formula is C19H14N2O7. The molecule has 0 aliphatic carbocycles. The highest BCUT2D eigenvalue weighted by Crippen LogP contribution is 2.23. The Bertz CT molecular complexity index is 1150. The highest BCUT2D eigenvalue weighted by atomic mass is 16.6. The van der Waals surface area contributed by atoms with Crippen LogP contribution in [0.25, 0.3) is 11.0 Å². The lowest BCUT2D eigenvalue weighted by molar-refractivity contribution is -0.385. The summed E-state index contributed by atoms with van der Waals surface area (Å²) in [5.41, 5.74) is -0.206. The zero-order valence-electron chi connectivity index (χ0n) is 14.6. The minimum atomic E-state index is -0.886. The van der Waals surface area contributed by atoms with E-state index in [0.29, 0.717) is 16.6 Å². The van der Waals surface area contributed by atoms with Crippen molar-refractivity contribution in [2.75, 3.05) is 5.32 Å². The van der Waals surface area contributed by atoms with Gasteiger partial charge in [-0.3, -0.25) is 14.9 Å². The van der Waals surface area contributed by atoms with Crippen LogP contribution in [-0.2, 0) is 16.1 Å². The molecule has 28 heavy (non-hydrogen) atoms. The third-order valence-electron chi connectivity index (χ3n) is 3.83. The van der Waals surface area contributed by atoms with Gasteiger partial charge in [0.2, 0.25) is 5.91 Å². The van der Waals surface area contributed by atoms with Gasteiger partial charge in [-0.1, -0.05) is 12.1 Å². The van der Waals surface area contributed by atoms with Crippen LogP contribution < -0.4 is 10.9 Å². The second-order valence-corrected chi connectivity index (χ2v) is 5.83. The maximum absolute atomic E-state index is 12.3. The summed E-state index contributed by atoms with van der Waals surface area (Å²) in [6.45, 7) is 1.06. The molecule has 0 radical (unpaired) electrons. The van der Waals surface area contributed by atoms with E-state index < -0.39 is 16.5 Å². The van der Waals surface area contributed by atoms with E-state index in [2.05, 4.69) is 5.32 Å². The van der Waals surface area contributed by atoms with Gasteiger partial charge in [-0.05, 0) is 18.2 Å². The molecule has 0 aliphatic heterocycles. The number of nitrogens with zero attached hydrogens (tertiary/aromatic N) is 1. The van der Waals surface area contributed by atoms with E-state index in [1.165, 1.54) is 43.3 Å². The molecule has 0 bridgehead atoms. The van der Waals surface area contributed by atoms with Gasteiger partial charge in [0.1, 0.15) is 17.8 Å². The van der Waals surface area contributed by atoms with Gasteiger partial charge in [0, 0.05) is 41.8 Å². The van der Waals surface area contributed by atoms with Gasteiger partial charge in [0.25, 0.3) is 5.69 Å². The Morgan fingerprint density at radius 3 is 2.64 bits per heavy atom. The lowest BCUT2D eigenvalue weighted by Gasteiger charge is -2.09. The smallest absolute Gasteiger partial charge is 0.345 e. The van der Waals surface area contributed by atoms with Crippen molar-refractivity contribution in [3.8, 4) is 0 Å². The zero-order chi connectivity index (χ0) is 20.3. The number of carbonyl (C=O) groups excluding carboxylic acids is 2. The van der Waals surface area contributed by atoms with Gasteiger partial charge in [-0.2, -0.15) is 0 Å². The molecule has 0 spiro atoms. The number of fused-ring (bicyclic) bond motifs is 1. The van der Waals surface area contributed by atoms with Crippen molar-refractivity contribution >= 4 is 34.2 Å². The number of nitro groups is 1. The lowest BCUT2D eigenvalue weighted by Crippen LogP contribution is -2.10. The summed E-state index contributed by atoms with van der Waals surface area (Å²) in [7, 11) is 0. The van der Waals surface area contributed by atoms with Crippen LogP contribution in [0.1, 0.15) is 22.8 Å². The van der Waals surface area contributed by atoms with E-state index in [4.69, 9.17) is 9.15 Å². The van der Waals surface area contributed by atoms with Gasteiger partial charge in [-0.15, -0.1) is 0 Å². The first-order chi connectivity index (χ1) is 13.3. The van der Waals surface area contributed by atoms with Crippen LogP contribution in [0.3, 0.4) is 0 Å². The van der Waals surface area contributed by atoms with Gasteiger partial charge in [0.15, 0.2) is 0 Å². The van der Waals surface area contributed by atoms with Crippen LogP contribution in [0.4, 0.5) is 11.4 Å². The van der Waals surface area contributed by atoms with Gasteiger partial charge >= 0.3 is 11.6 Å². The van der Waals surface area contributed by atoms with Crippen LogP contribution in [-0.4, -0.2) is 16.8 Å². The molecule has 1 heterocycles. The average Bonchev–Trinajstić information content (AvgIpc) is 2.64. The van der Waals surface area contributed by atoms with Gasteiger partial charge in [0.05, 0.1) is 4.92 Å². The Morgan fingerprint density at radius 1 is 1.18 bits per heavy atom. The molecule has 2 aromatic carbocycles. The second-order valence-electron chi connectivity index (χ2n) is 5.83. The SMILES string of the molecule is CC(=O)Nc1ccc2c(COC(=O)c3ccccc3[N+](=O)[O-])cc(=O)oc2c1. The van der Waals surface area contributed by atoms with Crippen LogP contribution >= 0.6 is 0 Å². The molecule has 3 aromatic rings. The Hall–Kier alpha value is -4.01. The molecule has 3 rings (SSSR count). The van der Waals surface area contributed by atoms with Crippen molar-refractivity contribution in [2.24, 2.45) is 0 Å². The number of nitrogens with one attached hydrogen (secondary N) is 1. The Kier molecular flexibility index (Phi) is 5.16. The maximum atomic E-state index is 12.3. The minimum absolute atomic E-state index is 0.187. The van der Waals surface area contributed by atoms with Crippen molar-refractivity contribution in [3.63, 3.8) is 0 Å². The van der Waals surface area contributed by atoms with Gasteiger partial charge < -0.3 is 14.5 Å². The first-order valence-corrected chi connectivity index (χ1v) is 8.10. The van der Waals surface area contributed by atoms with Crippen LogP contribution in [0.2, 0.25) is 0 Å². The molecule has 1 amide bonds. The van der Waals surface area contributed by atoms with Crippen molar-refractivity contribution < 1.29 is 23.7 Å². The molecular weight excluding hydrogens is 368 g/mol. The number of ether oxygens (including phenoxy) is 1. The molecule has 9 nitrogen and oxygen atoms in total. The number of para-hydroxylation sites is 1. The van der Waals surface area contributed by atoms with E-state index in [9.17, 15) is 24.5 Å². The molecule has 0 saturated carbocycles. The second kappa shape index (κ2) is 7.70. The maximum Gasteiger partial charge on any atom is 0.345 e. The molecule has 0 fully saturated rings. The predicted molar refractivity (Wildman–Crippen MR) is 99.0 cm³/mol. The zero-order valence-corrected chi connectivity index (χ0v) is 14.6. The summed E-state index contributed by atoms with van der Waals surface area (Å²) in [5, 5.41) is 14.1. The Balaban J connectivity index is 1.88. The molecule has 0 aliphatic rings. The molecule has 1 aromatic heterocycles. The lowest BCUT2D eigenvalue weighted by atomic mass is 10.1. The fourth-order valence-corrected chi connectivity index (χ4v) is 2.66. The van der Waals surface area contributed by atoms with Crippen LogP contribution in [0, 0.1) is 10.1 Å². The topological polar surface area (TPSA) is 129 Å². The predicted octanol–water partition coefficient (Wildman–Crippen LogP) is 3.02. The van der Waals surface area contributed by atoms with Crippen molar-refractivity contribution in [2.45, 2.75) is 13.5 Å². The van der Waals surface area contributed by atoms with E-state index in [1.54, 1.807) is 12.1 Å². The normalized spacial score (nSPS) is 10.5. The summed E-state index contributed by atoms with van der Waals surface area (Å²) in [4.78, 5) is 45.6. The minimum Gasteiger partial charge on any atom is -0.457 e. The summed E-state index contributed by atoms with van der Waals surface area (Å²) in [5.74, 6) is -1.17. The van der Waals surface area contributed by atoms with Gasteiger partial charge in [-0.25, -0.2) is 9.59 Å².